The van der Waals surface area contributed by atoms with Crippen LogP contribution in [0.3, 0.4) is 0 Å². The van der Waals surface area contributed by atoms with Crippen LogP contribution in [0.25, 0.3) is 22.3 Å². The fourth-order valence-corrected chi connectivity index (χ4v) is 3.16. The predicted molar refractivity (Wildman–Crippen MR) is 109 cm³/mol. The number of nitrogens with zero attached hydrogens (tertiary/aromatic N) is 4. The molecule has 2 heterocycles. The molecule has 0 saturated heterocycles. The highest BCUT2D eigenvalue weighted by Crippen LogP contribution is 2.31. The first-order chi connectivity index (χ1) is 14.2. The number of halogens is 1. The summed E-state index contributed by atoms with van der Waals surface area (Å²) in [6.07, 6.45) is 5.67. The van der Waals surface area contributed by atoms with Crippen molar-refractivity contribution in [3.8, 4) is 17.0 Å². The maximum Gasteiger partial charge on any atom is 0.128 e. The Balaban J connectivity index is 1.78. The van der Waals surface area contributed by atoms with Crippen LogP contribution in [0.2, 0.25) is 0 Å². The summed E-state index contributed by atoms with van der Waals surface area (Å²) < 4.78 is 19.3. The minimum atomic E-state index is -0.392. The molecule has 8 heteroatoms. The van der Waals surface area contributed by atoms with Gasteiger partial charge in [-0.15, -0.1) is 0 Å². The van der Waals surface area contributed by atoms with Gasteiger partial charge in [-0.25, -0.2) is 9.37 Å². The lowest BCUT2D eigenvalue weighted by molar-refractivity contribution is 0.291. The van der Waals surface area contributed by atoms with Gasteiger partial charge in [0, 0.05) is 48.4 Å². The summed E-state index contributed by atoms with van der Waals surface area (Å²) >= 11 is 0. The van der Waals surface area contributed by atoms with Gasteiger partial charge in [-0.1, -0.05) is 0 Å². The van der Waals surface area contributed by atoms with E-state index in [1.807, 2.05) is 23.1 Å². The fourth-order valence-electron chi connectivity index (χ4n) is 3.16. The summed E-state index contributed by atoms with van der Waals surface area (Å²) in [5, 5.41) is 16.0. The summed E-state index contributed by atoms with van der Waals surface area (Å²) in [4.78, 5) is 11.1. The van der Waals surface area contributed by atoms with E-state index in [2.05, 4.69) is 20.2 Å². The molecule has 2 aromatic carbocycles. The molecule has 0 saturated carbocycles. The lowest BCUT2D eigenvalue weighted by Crippen LogP contribution is -2.19. The van der Waals surface area contributed by atoms with Gasteiger partial charge in [0.05, 0.1) is 36.2 Å². The SMILES string of the molecule is COc1cc(F)cc(N(CCCO)c2ccc3ncc(-c4cn[nH]c4)nc3c2)c1. The zero-order valence-corrected chi connectivity index (χ0v) is 15.8. The van der Waals surface area contributed by atoms with Crippen molar-refractivity contribution >= 4 is 22.4 Å². The Labute approximate surface area is 166 Å². The number of aromatic amines is 1. The molecule has 0 aliphatic rings. The molecule has 2 aromatic heterocycles. The van der Waals surface area contributed by atoms with E-state index >= 15 is 0 Å². The van der Waals surface area contributed by atoms with Crippen LogP contribution >= 0.6 is 0 Å². The third-order valence-electron chi connectivity index (χ3n) is 4.57. The molecule has 0 bridgehead atoms. The van der Waals surface area contributed by atoms with Gasteiger partial charge < -0.3 is 14.7 Å². The summed E-state index contributed by atoms with van der Waals surface area (Å²) in [5.41, 5.74) is 4.46. The normalized spacial score (nSPS) is 11.0. The highest BCUT2D eigenvalue weighted by molar-refractivity contribution is 5.82. The first kappa shape index (κ1) is 18.8. The number of aliphatic hydroxyl groups is 1. The van der Waals surface area contributed by atoms with Crippen molar-refractivity contribution in [3.05, 3.63) is 60.8 Å². The van der Waals surface area contributed by atoms with Gasteiger partial charge >= 0.3 is 0 Å². The van der Waals surface area contributed by atoms with Crippen LogP contribution in [0.1, 0.15) is 6.42 Å². The molecule has 0 amide bonds. The molecule has 4 rings (SSSR count). The van der Waals surface area contributed by atoms with E-state index in [-0.39, 0.29) is 6.61 Å². The Morgan fingerprint density at radius 1 is 1.10 bits per heavy atom. The zero-order valence-electron chi connectivity index (χ0n) is 15.8. The number of nitrogens with one attached hydrogen (secondary N) is 1. The van der Waals surface area contributed by atoms with Crippen molar-refractivity contribution in [1.82, 2.24) is 20.2 Å². The number of H-pyrrole nitrogens is 1. The quantitative estimate of drug-likeness (QED) is 0.498. The molecule has 0 fully saturated rings. The van der Waals surface area contributed by atoms with Crippen molar-refractivity contribution in [2.24, 2.45) is 0 Å². The summed E-state index contributed by atoms with van der Waals surface area (Å²) in [7, 11) is 1.50. The molecule has 0 spiro atoms. The van der Waals surface area contributed by atoms with E-state index in [1.54, 1.807) is 24.7 Å². The number of benzene rings is 2. The van der Waals surface area contributed by atoms with E-state index in [0.717, 1.165) is 16.8 Å². The molecule has 0 aliphatic heterocycles. The third kappa shape index (κ3) is 4.02. The minimum Gasteiger partial charge on any atom is -0.497 e. The molecule has 0 radical (unpaired) electrons. The minimum absolute atomic E-state index is 0.0287. The first-order valence-corrected chi connectivity index (χ1v) is 9.17. The largest absolute Gasteiger partial charge is 0.497 e. The Morgan fingerprint density at radius 2 is 2.00 bits per heavy atom. The number of ether oxygens (including phenoxy) is 1. The number of aliphatic hydroxyl groups excluding tert-OH is 1. The van der Waals surface area contributed by atoms with Crippen LogP contribution in [0.4, 0.5) is 15.8 Å². The summed E-state index contributed by atoms with van der Waals surface area (Å²) in [6.45, 7) is 0.532. The Hall–Kier alpha value is -3.52. The van der Waals surface area contributed by atoms with Gasteiger partial charge in [-0.05, 0) is 30.7 Å². The average molecular weight is 393 g/mol. The Morgan fingerprint density at radius 3 is 2.76 bits per heavy atom. The van der Waals surface area contributed by atoms with E-state index in [0.29, 0.717) is 35.6 Å². The van der Waals surface area contributed by atoms with Crippen LogP contribution in [-0.4, -0.2) is 45.5 Å². The van der Waals surface area contributed by atoms with Crippen LogP contribution in [0, 0.1) is 5.82 Å². The Kier molecular flexibility index (Phi) is 5.35. The maximum atomic E-state index is 14.1. The number of fused-ring (bicyclic) bond motifs is 1. The molecular formula is C21H20FN5O2. The highest BCUT2D eigenvalue weighted by Gasteiger charge is 2.14. The van der Waals surface area contributed by atoms with E-state index in [4.69, 9.17) is 4.74 Å². The molecule has 0 unspecified atom stereocenters. The standard InChI is InChI=1S/C21H20FN5O2/c1-29-18-8-15(22)7-17(9-18)27(5-2-6-28)16-3-4-19-20(10-16)26-21(13-23-19)14-11-24-25-12-14/h3-4,7-13,28H,2,5-6H2,1H3,(H,24,25). The number of hydrogen-bond donors (Lipinski definition) is 2. The average Bonchev–Trinajstić information content (AvgIpc) is 3.28. The molecular weight excluding hydrogens is 373 g/mol. The van der Waals surface area contributed by atoms with E-state index < -0.39 is 5.82 Å². The second-order valence-corrected chi connectivity index (χ2v) is 6.49. The van der Waals surface area contributed by atoms with Gasteiger partial charge in [0.25, 0.3) is 0 Å². The number of anilines is 2. The fraction of sp³-hybridized carbons (Fsp3) is 0.190. The van der Waals surface area contributed by atoms with Crippen molar-refractivity contribution in [2.75, 3.05) is 25.2 Å². The number of methoxy groups -OCH3 is 1. The molecule has 2 N–H and O–H groups in total. The molecule has 4 aromatic rings. The van der Waals surface area contributed by atoms with Crippen molar-refractivity contribution in [2.45, 2.75) is 6.42 Å². The van der Waals surface area contributed by atoms with E-state index in [1.165, 1.54) is 19.2 Å². The second-order valence-electron chi connectivity index (χ2n) is 6.49. The monoisotopic (exact) mass is 393 g/mol. The van der Waals surface area contributed by atoms with Crippen LogP contribution in [-0.2, 0) is 0 Å². The van der Waals surface area contributed by atoms with Crippen LogP contribution in [0.5, 0.6) is 5.75 Å². The molecule has 29 heavy (non-hydrogen) atoms. The predicted octanol–water partition coefficient (Wildman–Crippen LogP) is 3.69. The van der Waals surface area contributed by atoms with Crippen LogP contribution < -0.4 is 9.64 Å². The highest BCUT2D eigenvalue weighted by atomic mass is 19.1. The molecule has 148 valence electrons. The number of rotatable bonds is 7. The van der Waals surface area contributed by atoms with Crippen molar-refractivity contribution in [3.63, 3.8) is 0 Å². The van der Waals surface area contributed by atoms with Crippen molar-refractivity contribution in [1.29, 1.82) is 0 Å². The van der Waals surface area contributed by atoms with E-state index in [9.17, 15) is 9.50 Å². The molecule has 7 nitrogen and oxygen atoms in total. The topological polar surface area (TPSA) is 87.2 Å². The third-order valence-corrected chi connectivity index (χ3v) is 4.57. The lowest BCUT2D eigenvalue weighted by Gasteiger charge is -2.25. The lowest BCUT2D eigenvalue weighted by atomic mass is 10.2. The number of hydrogen-bond acceptors (Lipinski definition) is 6. The van der Waals surface area contributed by atoms with Crippen molar-refractivity contribution < 1.29 is 14.2 Å². The van der Waals surface area contributed by atoms with Gasteiger partial charge in [0.1, 0.15) is 11.6 Å². The van der Waals surface area contributed by atoms with Gasteiger partial charge in [-0.3, -0.25) is 10.1 Å². The van der Waals surface area contributed by atoms with Gasteiger partial charge in [0.15, 0.2) is 0 Å². The summed E-state index contributed by atoms with van der Waals surface area (Å²) in [5.74, 6) is 0.0352. The first-order valence-electron chi connectivity index (χ1n) is 9.17. The molecule has 0 atom stereocenters. The summed E-state index contributed by atoms with van der Waals surface area (Å²) in [6, 6.07) is 10.2. The zero-order chi connectivity index (χ0) is 20.2. The van der Waals surface area contributed by atoms with Crippen LogP contribution in [0.15, 0.2) is 55.0 Å². The smallest absolute Gasteiger partial charge is 0.128 e. The van der Waals surface area contributed by atoms with Gasteiger partial charge in [-0.2, -0.15) is 5.10 Å². The maximum absolute atomic E-state index is 14.1. The number of aromatic nitrogens is 4. The van der Waals surface area contributed by atoms with Gasteiger partial charge in [0.2, 0.25) is 0 Å². The second kappa shape index (κ2) is 8.24. The Bertz CT molecular complexity index is 1120. The molecule has 0 aliphatic carbocycles.